The van der Waals surface area contributed by atoms with Gasteiger partial charge in [0.25, 0.3) is 0 Å². The van der Waals surface area contributed by atoms with E-state index < -0.39 is 0 Å². The van der Waals surface area contributed by atoms with Gasteiger partial charge in [0.2, 0.25) is 0 Å². The minimum absolute atomic E-state index is 0.164. The van der Waals surface area contributed by atoms with E-state index in [0.29, 0.717) is 11.1 Å². The third-order valence-corrected chi connectivity index (χ3v) is 1.78. The Morgan fingerprint density at radius 1 is 1.15 bits per heavy atom. The van der Waals surface area contributed by atoms with Crippen molar-refractivity contribution in [3.8, 4) is 5.75 Å². The third kappa shape index (κ3) is 2.31. The van der Waals surface area contributed by atoms with Crippen LogP contribution in [0.5, 0.6) is 5.75 Å². The van der Waals surface area contributed by atoms with Crippen molar-refractivity contribution in [3.05, 3.63) is 35.4 Å². The first-order chi connectivity index (χ1) is 6.15. The molecule has 0 aliphatic carbocycles. The predicted octanol–water partition coefficient (Wildman–Crippen LogP) is 3.42. The molecule has 1 nitrogen and oxygen atoms in total. The molecule has 0 aromatic heterocycles. The summed E-state index contributed by atoms with van der Waals surface area (Å²) in [7, 11) is 1.59. The summed E-state index contributed by atoms with van der Waals surface area (Å²) in [5, 5.41) is 0. The number of allylic oxidation sites excluding steroid dienone is 1. The van der Waals surface area contributed by atoms with E-state index in [4.69, 9.17) is 4.74 Å². The Labute approximate surface area is 77.8 Å². The van der Waals surface area contributed by atoms with E-state index in [1.165, 1.54) is 0 Å². The minimum Gasteiger partial charge on any atom is -0.497 e. The molecule has 0 amide bonds. The van der Waals surface area contributed by atoms with E-state index >= 15 is 0 Å². The zero-order valence-electron chi connectivity index (χ0n) is 8.10. The SMILES string of the molecule is COc1ccc(C(F)=C(C)C)cc1. The molecule has 0 saturated carbocycles. The van der Waals surface area contributed by atoms with Crippen LogP contribution in [0.3, 0.4) is 0 Å². The highest BCUT2D eigenvalue weighted by molar-refractivity contribution is 5.62. The van der Waals surface area contributed by atoms with Gasteiger partial charge < -0.3 is 4.74 Å². The van der Waals surface area contributed by atoms with Gasteiger partial charge >= 0.3 is 0 Å². The molecule has 2 heteroatoms. The Hall–Kier alpha value is -1.31. The topological polar surface area (TPSA) is 9.23 Å². The fourth-order valence-electron chi connectivity index (χ4n) is 1.03. The molecule has 0 aliphatic rings. The van der Waals surface area contributed by atoms with Crippen LogP contribution >= 0.6 is 0 Å². The Morgan fingerprint density at radius 3 is 2.08 bits per heavy atom. The van der Waals surface area contributed by atoms with Crippen LogP contribution in [0.2, 0.25) is 0 Å². The standard InChI is InChI=1S/C11H13FO/c1-8(2)11(12)9-4-6-10(13-3)7-5-9/h4-7H,1-3H3. The number of ether oxygens (including phenoxy) is 1. The van der Waals surface area contributed by atoms with Crippen molar-refractivity contribution in [1.82, 2.24) is 0 Å². The van der Waals surface area contributed by atoms with E-state index in [1.54, 1.807) is 45.2 Å². The molecule has 0 radical (unpaired) electrons. The lowest BCUT2D eigenvalue weighted by molar-refractivity contribution is 0.414. The second-order valence-electron chi connectivity index (χ2n) is 3.04. The molecule has 1 rings (SSSR count). The van der Waals surface area contributed by atoms with Gasteiger partial charge in [0.15, 0.2) is 0 Å². The molecule has 0 spiro atoms. The summed E-state index contributed by atoms with van der Waals surface area (Å²) in [5.74, 6) is 0.577. The molecule has 13 heavy (non-hydrogen) atoms. The molecule has 1 aromatic carbocycles. The fraction of sp³-hybridized carbons (Fsp3) is 0.273. The largest absolute Gasteiger partial charge is 0.497 e. The quantitative estimate of drug-likeness (QED) is 0.677. The van der Waals surface area contributed by atoms with Crippen molar-refractivity contribution in [1.29, 1.82) is 0 Å². The number of hydrogen-bond donors (Lipinski definition) is 0. The Morgan fingerprint density at radius 2 is 1.69 bits per heavy atom. The normalized spacial score (nSPS) is 9.54. The maximum atomic E-state index is 13.3. The molecular weight excluding hydrogens is 167 g/mol. The van der Waals surface area contributed by atoms with Gasteiger partial charge in [0, 0.05) is 5.56 Å². The Bertz CT molecular complexity index is 307. The zero-order valence-corrected chi connectivity index (χ0v) is 8.10. The van der Waals surface area contributed by atoms with Crippen molar-refractivity contribution in [3.63, 3.8) is 0 Å². The maximum absolute atomic E-state index is 13.3. The summed E-state index contributed by atoms with van der Waals surface area (Å²) in [5.41, 5.74) is 1.28. The molecule has 0 saturated heterocycles. The van der Waals surface area contributed by atoms with Crippen LogP contribution in [-0.2, 0) is 0 Å². The maximum Gasteiger partial charge on any atom is 0.129 e. The highest BCUT2D eigenvalue weighted by Gasteiger charge is 2.01. The van der Waals surface area contributed by atoms with Crippen LogP contribution < -0.4 is 4.74 Å². The van der Waals surface area contributed by atoms with Crippen molar-refractivity contribution in [2.45, 2.75) is 13.8 Å². The molecule has 70 valence electrons. The lowest BCUT2D eigenvalue weighted by Crippen LogP contribution is -1.84. The average Bonchev–Trinajstić information content (AvgIpc) is 2.17. The second kappa shape index (κ2) is 4.08. The fourth-order valence-corrected chi connectivity index (χ4v) is 1.03. The van der Waals surface area contributed by atoms with Crippen LogP contribution in [0.4, 0.5) is 4.39 Å². The van der Waals surface area contributed by atoms with E-state index in [1.807, 2.05) is 0 Å². The number of methoxy groups -OCH3 is 1. The molecule has 0 unspecified atom stereocenters. The molecule has 0 atom stereocenters. The van der Waals surface area contributed by atoms with Gasteiger partial charge in [-0.25, -0.2) is 4.39 Å². The number of hydrogen-bond acceptors (Lipinski definition) is 1. The highest BCUT2D eigenvalue weighted by Crippen LogP contribution is 2.22. The molecule has 0 heterocycles. The second-order valence-corrected chi connectivity index (χ2v) is 3.04. The molecule has 0 aliphatic heterocycles. The van der Waals surface area contributed by atoms with Crippen molar-refractivity contribution < 1.29 is 9.13 Å². The first kappa shape index (κ1) is 9.78. The minimum atomic E-state index is -0.164. The average molecular weight is 180 g/mol. The van der Waals surface area contributed by atoms with Gasteiger partial charge in [-0.1, -0.05) is 0 Å². The molecular formula is C11H13FO. The summed E-state index contributed by atoms with van der Waals surface area (Å²) in [4.78, 5) is 0. The van der Waals surface area contributed by atoms with Gasteiger partial charge in [-0.2, -0.15) is 0 Å². The molecule has 0 N–H and O–H groups in total. The summed E-state index contributed by atoms with van der Waals surface area (Å²) in [6.07, 6.45) is 0. The first-order valence-corrected chi connectivity index (χ1v) is 4.12. The molecule has 0 bridgehead atoms. The van der Waals surface area contributed by atoms with Gasteiger partial charge in [-0.15, -0.1) is 0 Å². The highest BCUT2D eigenvalue weighted by atomic mass is 19.1. The predicted molar refractivity (Wildman–Crippen MR) is 52.4 cm³/mol. The number of halogens is 1. The monoisotopic (exact) mass is 180 g/mol. The van der Waals surface area contributed by atoms with Crippen molar-refractivity contribution in [2.24, 2.45) is 0 Å². The van der Waals surface area contributed by atoms with Crippen molar-refractivity contribution >= 4 is 5.83 Å². The number of benzene rings is 1. The van der Waals surface area contributed by atoms with Gasteiger partial charge in [0.1, 0.15) is 11.6 Å². The number of rotatable bonds is 2. The Balaban J connectivity index is 2.99. The van der Waals surface area contributed by atoms with Gasteiger partial charge in [0.05, 0.1) is 7.11 Å². The summed E-state index contributed by atoms with van der Waals surface area (Å²) >= 11 is 0. The van der Waals surface area contributed by atoms with Gasteiger partial charge in [-0.3, -0.25) is 0 Å². The molecule has 1 aromatic rings. The van der Waals surface area contributed by atoms with Crippen LogP contribution in [0.15, 0.2) is 29.8 Å². The van der Waals surface area contributed by atoms with E-state index in [9.17, 15) is 4.39 Å². The lowest BCUT2D eigenvalue weighted by Gasteiger charge is -2.02. The van der Waals surface area contributed by atoms with Crippen LogP contribution in [0.25, 0.3) is 5.83 Å². The summed E-state index contributed by atoms with van der Waals surface area (Å²) in [6.45, 7) is 3.50. The smallest absolute Gasteiger partial charge is 0.129 e. The molecule has 0 fully saturated rings. The van der Waals surface area contributed by atoms with Crippen LogP contribution in [0.1, 0.15) is 19.4 Å². The zero-order chi connectivity index (χ0) is 9.84. The van der Waals surface area contributed by atoms with E-state index in [0.717, 1.165) is 5.75 Å². The van der Waals surface area contributed by atoms with Crippen LogP contribution in [-0.4, -0.2) is 7.11 Å². The first-order valence-electron chi connectivity index (χ1n) is 4.12. The lowest BCUT2D eigenvalue weighted by atomic mass is 10.1. The van der Waals surface area contributed by atoms with E-state index in [2.05, 4.69) is 0 Å². The van der Waals surface area contributed by atoms with E-state index in [-0.39, 0.29) is 5.83 Å². The van der Waals surface area contributed by atoms with Crippen LogP contribution in [0, 0.1) is 0 Å². The summed E-state index contributed by atoms with van der Waals surface area (Å²) < 4.78 is 18.3. The summed E-state index contributed by atoms with van der Waals surface area (Å²) in [6, 6.07) is 6.91. The van der Waals surface area contributed by atoms with Gasteiger partial charge in [-0.05, 0) is 43.7 Å². The third-order valence-electron chi connectivity index (χ3n) is 1.78. The Kier molecular flexibility index (Phi) is 3.07. The van der Waals surface area contributed by atoms with Crippen molar-refractivity contribution in [2.75, 3.05) is 7.11 Å².